The van der Waals surface area contributed by atoms with Gasteiger partial charge >= 0.3 is 0 Å². The lowest BCUT2D eigenvalue weighted by Gasteiger charge is -2.15. The number of aliphatic hydroxyl groups excluding tert-OH is 2. The van der Waals surface area contributed by atoms with Crippen molar-refractivity contribution in [2.75, 3.05) is 6.61 Å². The molecule has 0 aliphatic carbocycles. The lowest BCUT2D eigenvalue weighted by Crippen LogP contribution is -2.39. The first kappa shape index (κ1) is 9.13. The number of carbonyl (C=O) groups is 1. The molecule has 0 aromatic rings. The van der Waals surface area contributed by atoms with E-state index in [1.165, 1.54) is 6.08 Å². The standard InChI is InChI=1S/C6H11NO3/c1-2-5(7-4-9)6(10)3-8/h2,4-6,8,10H,1,3H2,(H,7,9)/t5-,6+/m1/s1. The van der Waals surface area contributed by atoms with E-state index in [4.69, 9.17) is 10.2 Å². The molecule has 2 atom stereocenters. The zero-order chi connectivity index (χ0) is 7.98. The predicted octanol–water partition coefficient (Wildman–Crippen LogP) is -1.36. The zero-order valence-corrected chi connectivity index (χ0v) is 5.53. The van der Waals surface area contributed by atoms with Crippen molar-refractivity contribution < 1.29 is 15.0 Å². The Balaban J connectivity index is 3.78. The fourth-order valence-corrected chi connectivity index (χ4v) is 0.528. The maximum absolute atomic E-state index is 9.84. The average molecular weight is 145 g/mol. The summed E-state index contributed by atoms with van der Waals surface area (Å²) in [6, 6.07) is -0.567. The van der Waals surface area contributed by atoms with Gasteiger partial charge in [0.25, 0.3) is 0 Å². The Kier molecular flexibility index (Phi) is 4.53. The first-order valence-corrected chi connectivity index (χ1v) is 2.87. The van der Waals surface area contributed by atoms with Crippen LogP contribution in [0.25, 0.3) is 0 Å². The highest BCUT2D eigenvalue weighted by atomic mass is 16.3. The fraction of sp³-hybridized carbons (Fsp3) is 0.500. The summed E-state index contributed by atoms with van der Waals surface area (Å²) in [5.74, 6) is 0. The van der Waals surface area contributed by atoms with Crippen LogP contribution in [-0.4, -0.2) is 35.4 Å². The van der Waals surface area contributed by atoms with E-state index < -0.39 is 18.8 Å². The first-order chi connectivity index (χ1) is 4.76. The van der Waals surface area contributed by atoms with Crippen molar-refractivity contribution in [2.45, 2.75) is 12.1 Å². The van der Waals surface area contributed by atoms with Crippen LogP contribution < -0.4 is 5.32 Å². The quantitative estimate of drug-likeness (QED) is 0.330. The summed E-state index contributed by atoms with van der Waals surface area (Å²) >= 11 is 0. The molecule has 0 unspecified atom stereocenters. The lowest BCUT2D eigenvalue weighted by molar-refractivity contribution is -0.110. The Morgan fingerprint density at radius 3 is 2.60 bits per heavy atom. The Morgan fingerprint density at radius 2 is 2.30 bits per heavy atom. The van der Waals surface area contributed by atoms with Gasteiger partial charge < -0.3 is 15.5 Å². The molecular formula is C6H11NO3. The monoisotopic (exact) mass is 145 g/mol. The molecule has 0 rings (SSSR count). The number of aliphatic hydroxyl groups is 2. The molecule has 58 valence electrons. The van der Waals surface area contributed by atoms with Crippen LogP contribution in [0.2, 0.25) is 0 Å². The summed E-state index contributed by atoms with van der Waals surface area (Å²) in [5, 5.41) is 19.6. The van der Waals surface area contributed by atoms with E-state index in [0.29, 0.717) is 6.41 Å². The van der Waals surface area contributed by atoms with Crippen LogP contribution in [0.3, 0.4) is 0 Å². The van der Waals surface area contributed by atoms with E-state index in [9.17, 15) is 4.79 Å². The molecule has 0 radical (unpaired) electrons. The third kappa shape index (κ3) is 2.61. The Hall–Kier alpha value is -0.870. The summed E-state index contributed by atoms with van der Waals surface area (Å²) in [6.07, 6.45) is 0.836. The van der Waals surface area contributed by atoms with Crippen LogP contribution in [0.5, 0.6) is 0 Å². The summed E-state index contributed by atoms with van der Waals surface area (Å²) in [4.78, 5) is 9.84. The van der Waals surface area contributed by atoms with Gasteiger partial charge in [-0.2, -0.15) is 0 Å². The molecule has 1 amide bonds. The number of nitrogens with one attached hydrogen (secondary N) is 1. The molecule has 4 heteroatoms. The number of hydrogen-bond acceptors (Lipinski definition) is 3. The molecule has 0 fully saturated rings. The van der Waals surface area contributed by atoms with Crippen LogP contribution in [0.4, 0.5) is 0 Å². The lowest BCUT2D eigenvalue weighted by atomic mass is 10.2. The van der Waals surface area contributed by atoms with Gasteiger partial charge in [0.05, 0.1) is 12.6 Å². The van der Waals surface area contributed by atoms with Crippen LogP contribution in [0.15, 0.2) is 12.7 Å². The van der Waals surface area contributed by atoms with E-state index in [2.05, 4.69) is 11.9 Å². The molecule has 0 spiro atoms. The maximum atomic E-state index is 9.84. The van der Waals surface area contributed by atoms with Gasteiger partial charge in [0.2, 0.25) is 6.41 Å². The van der Waals surface area contributed by atoms with Gasteiger partial charge in [0.15, 0.2) is 0 Å². The Morgan fingerprint density at radius 1 is 1.70 bits per heavy atom. The molecule has 0 aliphatic rings. The van der Waals surface area contributed by atoms with Crippen molar-refractivity contribution >= 4 is 6.41 Å². The van der Waals surface area contributed by atoms with E-state index in [1.807, 2.05) is 0 Å². The molecule has 0 aromatic carbocycles. The molecule has 0 bridgehead atoms. The summed E-state index contributed by atoms with van der Waals surface area (Å²) in [5.41, 5.74) is 0. The predicted molar refractivity (Wildman–Crippen MR) is 36.3 cm³/mol. The minimum Gasteiger partial charge on any atom is -0.394 e. The van der Waals surface area contributed by atoms with Crippen LogP contribution >= 0.6 is 0 Å². The molecule has 4 nitrogen and oxygen atoms in total. The summed E-state index contributed by atoms with van der Waals surface area (Å²) < 4.78 is 0. The molecule has 0 aliphatic heterocycles. The summed E-state index contributed by atoms with van der Waals surface area (Å²) in [6.45, 7) is 2.96. The second-order valence-electron chi connectivity index (χ2n) is 1.80. The van der Waals surface area contributed by atoms with Crippen molar-refractivity contribution in [3.05, 3.63) is 12.7 Å². The van der Waals surface area contributed by atoms with Crippen LogP contribution in [0, 0.1) is 0 Å². The summed E-state index contributed by atoms with van der Waals surface area (Å²) in [7, 11) is 0. The van der Waals surface area contributed by atoms with Gasteiger partial charge in [-0.15, -0.1) is 6.58 Å². The van der Waals surface area contributed by atoms with E-state index in [-0.39, 0.29) is 0 Å². The third-order valence-electron chi connectivity index (χ3n) is 1.12. The number of rotatable bonds is 5. The molecule has 0 aromatic heterocycles. The van der Waals surface area contributed by atoms with Gasteiger partial charge in [0.1, 0.15) is 6.10 Å². The Bertz CT molecular complexity index is 116. The van der Waals surface area contributed by atoms with E-state index in [1.54, 1.807) is 0 Å². The minimum atomic E-state index is -0.970. The van der Waals surface area contributed by atoms with E-state index in [0.717, 1.165) is 0 Å². The highest BCUT2D eigenvalue weighted by molar-refractivity contribution is 5.47. The van der Waals surface area contributed by atoms with Crippen molar-refractivity contribution in [1.29, 1.82) is 0 Å². The van der Waals surface area contributed by atoms with Gasteiger partial charge in [-0.25, -0.2) is 0 Å². The zero-order valence-electron chi connectivity index (χ0n) is 5.53. The Labute approximate surface area is 59.2 Å². The fourth-order valence-electron chi connectivity index (χ4n) is 0.528. The van der Waals surface area contributed by atoms with Gasteiger partial charge in [-0.3, -0.25) is 4.79 Å². The van der Waals surface area contributed by atoms with Crippen molar-refractivity contribution in [3.63, 3.8) is 0 Å². The number of carbonyl (C=O) groups excluding carboxylic acids is 1. The number of amides is 1. The van der Waals surface area contributed by atoms with Crippen molar-refractivity contribution in [2.24, 2.45) is 0 Å². The third-order valence-corrected chi connectivity index (χ3v) is 1.12. The number of hydrogen-bond donors (Lipinski definition) is 3. The van der Waals surface area contributed by atoms with Gasteiger partial charge in [-0.1, -0.05) is 6.08 Å². The molecular weight excluding hydrogens is 134 g/mol. The van der Waals surface area contributed by atoms with Crippen LogP contribution in [-0.2, 0) is 4.79 Å². The minimum absolute atomic E-state index is 0.391. The largest absolute Gasteiger partial charge is 0.394 e. The second kappa shape index (κ2) is 4.96. The second-order valence-corrected chi connectivity index (χ2v) is 1.80. The molecule has 0 saturated heterocycles. The average Bonchev–Trinajstić information content (AvgIpc) is 1.99. The molecule has 0 saturated carbocycles. The van der Waals surface area contributed by atoms with Crippen molar-refractivity contribution in [1.82, 2.24) is 5.32 Å². The first-order valence-electron chi connectivity index (χ1n) is 2.87. The maximum Gasteiger partial charge on any atom is 0.207 e. The van der Waals surface area contributed by atoms with Gasteiger partial charge in [0, 0.05) is 0 Å². The SMILES string of the molecule is C=C[C@@H](NC=O)[C@@H](O)CO. The van der Waals surface area contributed by atoms with Gasteiger partial charge in [-0.05, 0) is 0 Å². The highest BCUT2D eigenvalue weighted by Gasteiger charge is 2.12. The van der Waals surface area contributed by atoms with E-state index >= 15 is 0 Å². The molecule has 0 heterocycles. The van der Waals surface area contributed by atoms with Crippen molar-refractivity contribution in [3.8, 4) is 0 Å². The topological polar surface area (TPSA) is 69.6 Å². The molecule has 10 heavy (non-hydrogen) atoms. The molecule has 3 N–H and O–H groups in total. The normalized spacial score (nSPS) is 15.4. The smallest absolute Gasteiger partial charge is 0.207 e. The van der Waals surface area contributed by atoms with Crippen LogP contribution in [0.1, 0.15) is 0 Å². The highest BCUT2D eigenvalue weighted by Crippen LogP contribution is 1.91.